The second-order valence-electron chi connectivity index (χ2n) is 12.1. The third kappa shape index (κ3) is 5.75. The van der Waals surface area contributed by atoms with Crippen molar-refractivity contribution in [3.05, 3.63) is 54.2 Å². The zero-order chi connectivity index (χ0) is 31.3. The molecule has 0 saturated carbocycles. The summed E-state index contributed by atoms with van der Waals surface area (Å²) < 4.78 is 45.8. The molecule has 0 aliphatic carbocycles. The van der Waals surface area contributed by atoms with Crippen molar-refractivity contribution in [1.29, 1.82) is 0 Å². The van der Waals surface area contributed by atoms with Crippen LogP contribution in [0.1, 0.15) is 46.6 Å². The van der Waals surface area contributed by atoms with Crippen LogP contribution in [0.2, 0.25) is 0 Å². The van der Waals surface area contributed by atoms with Gasteiger partial charge < -0.3 is 20.6 Å². The molecule has 4 heterocycles. The highest BCUT2D eigenvalue weighted by Gasteiger charge is 2.45. The number of nitrogens with zero attached hydrogens (tertiary/aromatic N) is 6. The molecule has 4 aromatic rings. The van der Waals surface area contributed by atoms with E-state index in [1.54, 1.807) is 29.2 Å². The van der Waals surface area contributed by atoms with E-state index in [1.807, 2.05) is 41.5 Å². The number of piperidine rings is 1. The van der Waals surface area contributed by atoms with E-state index in [4.69, 9.17) is 0 Å². The van der Waals surface area contributed by atoms with Crippen molar-refractivity contribution in [2.75, 3.05) is 17.2 Å². The molecule has 3 N–H and O–H groups in total. The molecular formula is C29H37FN8O4S. The van der Waals surface area contributed by atoms with Crippen LogP contribution in [-0.4, -0.2) is 66.9 Å². The number of hydrogen-bond donors (Lipinski definition) is 3. The highest BCUT2D eigenvalue weighted by Crippen LogP contribution is 2.38. The minimum absolute atomic E-state index is 0.00882. The van der Waals surface area contributed by atoms with Gasteiger partial charge in [-0.3, -0.25) is 4.68 Å². The molecule has 1 fully saturated rings. The van der Waals surface area contributed by atoms with Gasteiger partial charge in [0.1, 0.15) is 5.82 Å². The van der Waals surface area contributed by atoms with Crippen molar-refractivity contribution < 1.29 is 22.7 Å². The first-order valence-electron chi connectivity index (χ1n) is 14.2. The highest BCUT2D eigenvalue weighted by molar-refractivity contribution is 7.90. The summed E-state index contributed by atoms with van der Waals surface area (Å²) in [5.74, 6) is -0.756. The number of nitrogens with one attached hydrogen (secondary N) is 2. The third-order valence-corrected chi connectivity index (χ3v) is 9.57. The lowest BCUT2D eigenvalue weighted by molar-refractivity contribution is 0.0345. The number of halogens is 1. The average molecular weight is 613 g/mol. The number of carbonyl (C=O) groups is 1. The van der Waals surface area contributed by atoms with Crippen molar-refractivity contribution >= 4 is 44.6 Å². The fraction of sp³-hybridized carbons (Fsp3) is 0.448. The van der Waals surface area contributed by atoms with Crippen LogP contribution in [0.3, 0.4) is 0 Å². The van der Waals surface area contributed by atoms with Crippen LogP contribution >= 0.6 is 0 Å². The lowest BCUT2D eigenvalue weighted by atomic mass is 9.74. The number of amides is 1. The van der Waals surface area contributed by atoms with Crippen LogP contribution in [0.5, 0.6) is 0 Å². The van der Waals surface area contributed by atoms with Crippen LogP contribution in [-0.2, 0) is 16.6 Å². The van der Waals surface area contributed by atoms with Gasteiger partial charge in [0.2, 0.25) is 5.95 Å². The van der Waals surface area contributed by atoms with E-state index in [0.29, 0.717) is 25.2 Å². The Kier molecular flexibility index (Phi) is 7.84. The Morgan fingerprint density at radius 3 is 2.47 bits per heavy atom. The topological polar surface area (TPSA) is 147 Å². The SMILES string of the molecule is CCn1cc(Nc2nc(N[C@H]3C(C(C)(C)C)N(C(=O)O)CC[C@H]3C)c3c(F)cn(S(=O)(=O)c4ccc(C)cc4)c3n2)cn1. The molecule has 0 spiro atoms. The average Bonchev–Trinajstić information content (AvgIpc) is 3.53. The summed E-state index contributed by atoms with van der Waals surface area (Å²) in [7, 11) is -4.24. The van der Waals surface area contributed by atoms with E-state index in [9.17, 15) is 18.3 Å². The highest BCUT2D eigenvalue weighted by atomic mass is 32.2. The van der Waals surface area contributed by atoms with Crippen LogP contribution < -0.4 is 10.6 Å². The van der Waals surface area contributed by atoms with Gasteiger partial charge in [-0.1, -0.05) is 45.4 Å². The quantitative estimate of drug-likeness (QED) is 0.253. The minimum atomic E-state index is -4.24. The molecule has 1 saturated heterocycles. The molecule has 14 heteroatoms. The van der Waals surface area contributed by atoms with Gasteiger partial charge in [0.15, 0.2) is 11.5 Å². The maximum Gasteiger partial charge on any atom is 0.407 e. The van der Waals surface area contributed by atoms with Gasteiger partial charge in [0.25, 0.3) is 10.0 Å². The number of aromatic nitrogens is 5. The Hall–Kier alpha value is -4.20. The molecule has 1 aliphatic heterocycles. The fourth-order valence-corrected chi connectivity index (χ4v) is 7.02. The molecule has 1 unspecified atom stereocenters. The Morgan fingerprint density at radius 1 is 1.16 bits per heavy atom. The lowest BCUT2D eigenvalue weighted by Crippen LogP contribution is -2.61. The van der Waals surface area contributed by atoms with Gasteiger partial charge in [0, 0.05) is 19.3 Å². The molecule has 230 valence electrons. The lowest BCUT2D eigenvalue weighted by Gasteiger charge is -2.49. The van der Waals surface area contributed by atoms with Crippen LogP contribution in [0.4, 0.5) is 26.6 Å². The Labute approximate surface area is 250 Å². The first-order valence-corrected chi connectivity index (χ1v) is 15.6. The van der Waals surface area contributed by atoms with E-state index in [2.05, 4.69) is 25.7 Å². The minimum Gasteiger partial charge on any atom is -0.465 e. The number of likely N-dealkylation sites (tertiary alicyclic amines) is 1. The van der Waals surface area contributed by atoms with Crippen LogP contribution in [0.15, 0.2) is 47.8 Å². The van der Waals surface area contributed by atoms with Gasteiger partial charge in [-0.05, 0) is 43.7 Å². The Morgan fingerprint density at radius 2 is 1.86 bits per heavy atom. The van der Waals surface area contributed by atoms with Gasteiger partial charge in [-0.15, -0.1) is 0 Å². The summed E-state index contributed by atoms with van der Waals surface area (Å²) in [6, 6.07) is 5.31. The molecule has 1 aromatic carbocycles. The molecule has 12 nitrogen and oxygen atoms in total. The molecule has 3 aromatic heterocycles. The smallest absolute Gasteiger partial charge is 0.407 e. The van der Waals surface area contributed by atoms with Crippen LogP contribution in [0, 0.1) is 24.1 Å². The van der Waals surface area contributed by atoms with Crippen molar-refractivity contribution in [3.8, 4) is 0 Å². The zero-order valence-corrected chi connectivity index (χ0v) is 25.9. The molecule has 43 heavy (non-hydrogen) atoms. The monoisotopic (exact) mass is 612 g/mol. The third-order valence-electron chi connectivity index (χ3n) is 7.91. The van der Waals surface area contributed by atoms with Crippen LogP contribution in [0.25, 0.3) is 11.0 Å². The summed E-state index contributed by atoms with van der Waals surface area (Å²) in [4.78, 5) is 22.7. The number of benzene rings is 1. The van der Waals surface area contributed by atoms with Crippen molar-refractivity contribution in [1.82, 2.24) is 28.6 Å². The van der Waals surface area contributed by atoms with Gasteiger partial charge in [-0.2, -0.15) is 15.1 Å². The summed E-state index contributed by atoms with van der Waals surface area (Å²) in [6.45, 7) is 12.7. The summed E-state index contributed by atoms with van der Waals surface area (Å²) in [5, 5.41) is 20.6. The largest absolute Gasteiger partial charge is 0.465 e. The molecule has 0 bridgehead atoms. The number of rotatable bonds is 7. The summed E-state index contributed by atoms with van der Waals surface area (Å²) in [6.07, 6.45) is 3.76. The molecule has 1 aliphatic rings. The molecular weight excluding hydrogens is 575 g/mol. The van der Waals surface area contributed by atoms with Gasteiger partial charge >= 0.3 is 6.09 Å². The molecule has 0 radical (unpaired) electrons. The van der Waals surface area contributed by atoms with Gasteiger partial charge in [0.05, 0.1) is 40.4 Å². The number of fused-ring (bicyclic) bond motifs is 1. The molecule has 5 rings (SSSR count). The fourth-order valence-electron chi connectivity index (χ4n) is 5.72. The van der Waals surface area contributed by atoms with E-state index < -0.39 is 39.4 Å². The number of carboxylic acid groups (broad SMARTS) is 1. The maximum absolute atomic E-state index is 15.8. The van der Waals surface area contributed by atoms with E-state index in [0.717, 1.165) is 15.7 Å². The summed E-state index contributed by atoms with van der Waals surface area (Å²) in [5.41, 5.74) is 0.793. The number of aryl methyl sites for hydroxylation is 2. The molecule has 1 amide bonds. The van der Waals surface area contributed by atoms with Crippen molar-refractivity contribution in [2.24, 2.45) is 11.3 Å². The summed E-state index contributed by atoms with van der Waals surface area (Å²) >= 11 is 0. The van der Waals surface area contributed by atoms with Crippen molar-refractivity contribution in [2.45, 2.75) is 71.5 Å². The maximum atomic E-state index is 15.8. The Bertz CT molecular complexity index is 1760. The first kappa shape index (κ1) is 30.3. The second kappa shape index (κ2) is 11.1. The predicted octanol–water partition coefficient (Wildman–Crippen LogP) is 5.29. The van der Waals surface area contributed by atoms with Gasteiger partial charge in [-0.25, -0.2) is 21.6 Å². The first-order chi connectivity index (χ1) is 20.2. The van der Waals surface area contributed by atoms with Crippen molar-refractivity contribution in [3.63, 3.8) is 0 Å². The normalized spacial score (nSPS) is 19.5. The predicted molar refractivity (Wildman–Crippen MR) is 162 cm³/mol. The number of anilines is 3. The van der Waals surface area contributed by atoms with E-state index in [-0.39, 0.29) is 33.6 Å². The van der Waals surface area contributed by atoms with E-state index >= 15 is 4.39 Å². The molecule has 3 atom stereocenters. The second-order valence-corrected chi connectivity index (χ2v) is 13.9. The standard InChI is InChI=1S/C29H37FN8O4S/c1-7-36-15-19(14-31-36)32-27-34-25(33-23-18(3)12-13-37(28(39)40)24(23)29(4,5)6)22-21(30)16-38(26(22)35-27)43(41,42)20-10-8-17(2)9-11-20/h8-11,14-16,18,23-24H,7,12-13H2,1-6H3,(H,39,40)(H2,32,33,34,35)/t18-,23-,24?/m1/s1. The van der Waals surface area contributed by atoms with E-state index in [1.165, 1.54) is 17.0 Å². The Balaban J connectivity index is 1.69. The number of hydrogen-bond acceptors (Lipinski definition) is 8. The zero-order valence-electron chi connectivity index (χ0n) is 25.0.